The Kier molecular flexibility index (Phi) is 5.92. The largest absolute Gasteiger partial charge is 0.464 e. The number of carbonyl (C=O) groups excluding carboxylic acids is 1. The normalized spacial score (nSPS) is 12.6. The van der Waals surface area contributed by atoms with Crippen LogP contribution in [0.25, 0.3) is 11.3 Å². The number of aryl methyl sites for hydroxylation is 1. The predicted octanol–water partition coefficient (Wildman–Crippen LogP) is 4.13. The molecule has 3 aromatic rings. The van der Waals surface area contributed by atoms with E-state index >= 15 is 0 Å². The van der Waals surface area contributed by atoms with Crippen LogP contribution in [0.4, 0.5) is 11.5 Å². The molecular weight excluding hydrogens is 410 g/mol. The summed E-state index contributed by atoms with van der Waals surface area (Å²) in [4.78, 5) is 19.0. The molecule has 0 unspecified atom stereocenters. The number of nitrogens with two attached hydrogens (primary N) is 1. The zero-order chi connectivity index (χ0) is 21.8. The van der Waals surface area contributed by atoms with E-state index in [2.05, 4.69) is 17.1 Å². The highest BCUT2D eigenvalue weighted by molar-refractivity contribution is 7.99. The SMILES string of the molecule is N#Cc1c(N)nc(SCCC(=O)N2CCCc3ccccc32)c(C#N)c1-c1ccco1. The lowest BCUT2D eigenvalue weighted by molar-refractivity contribution is -0.118. The number of pyridine rings is 1. The molecule has 0 fully saturated rings. The maximum atomic E-state index is 12.9. The fourth-order valence-corrected chi connectivity index (χ4v) is 4.66. The Hall–Kier alpha value is -3.75. The fourth-order valence-electron chi connectivity index (χ4n) is 3.73. The summed E-state index contributed by atoms with van der Waals surface area (Å²) in [5, 5.41) is 19.7. The first-order valence-electron chi connectivity index (χ1n) is 9.82. The second-order valence-corrected chi connectivity index (χ2v) is 8.09. The summed E-state index contributed by atoms with van der Waals surface area (Å²) in [6, 6.07) is 15.4. The Morgan fingerprint density at radius 2 is 2.00 bits per heavy atom. The lowest BCUT2D eigenvalue weighted by atomic mass is 10.0. The van der Waals surface area contributed by atoms with E-state index in [-0.39, 0.29) is 22.9 Å². The van der Waals surface area contributed by atoms with Gasteiger partial charge >= 0.3 is 0 Å². The van der Waals surface area contributed by atoms with Crippen molar-refractivity contribution < 1.29 is 9.21 Å². The molecule has 7 nitrogen and oxygen atoms in total. The molecule has 0 spiro atoms. The molecule has 0 aliphatic carbocycles. The number of fused-ring (bicyclic) bond motifs is 1. The summed E-state index contributed by atoms with van der Waals surface area (Å²) in [7, 11) is 0. The Morgan fingerprint density at radius 1 is 1.19 bits per heavy atom. The van der Waals surface area contributed by atoms with E-state index in [0.29, 0.717) is 35.1 Å². The molecule has 1 aliphatic rings. The van der Waals surface area contributed by atoms with Crippen molar-refractivity contribution in [3.8, 4) is 23.5 Å². The van der Waals surface area contributed by atoms with E-state index in [4.69, 9.17) is 10.2 Å². The van der Waals surface area contributed by atoms with Crippen LogP contribution < -0.4 is 10.6 Å². The van der Waals surface area contributed by atoms with Crippen LogP contribution in [0, 0.1) is 22.7 Å². The number of carbonyl (C=O) groups is 1. The highest BCUT2D eigenvalue weighted by Gasteiger charge is 2.24. The number of benzene rings is 1. The van der Waals surface area contributed by atoms with Gasteiger partial charge in [-0.1, -0.05) is 18.2 Å². The number of para-hydroxylation sites is 1. The van der Waals surface area contributed by atoms with E-state index in [1.54, 1.807) is 12.1 Å². The highest BCUT2D eigenvalue weighted by Crippen LogP contribution is 2.36. The summed E-state index contributed by atoms with van der Waals surface area (Å²) < 4.78 is 5.41. The quantitative estimate of drug-likeness (QED) is 0.605. The molecule has 0 saturated carbocycles. The van der Waals surface area contributed by atoms with Crippen LogP contribution in [-0.4, -0.2) is 23.2 Å². The molecule has 0 radical (unpaired) electrons. The molecule has 154 valence electrons. The number of nitrogens with zero attached hydrogens (tertiary/aromatic N) is 4. The van der Waals surface area contributed by atoms with Crippen LogP contribution in [0.5, 0.6) is 0 Å². The maximum absolute atomic E-state index is 12.9. The second-order valence-electron chi connectivity index (χ2n) is 7.00. The van der Waals surface area contributed by atoms with Crippen molar-refractivity contribution in [1.29, 1.82) is 10.5 Å². The molecule has 0 saturated heterocycles. The molecule has 2 aromatic heterocycles. The van der Waals surface area contributed by atoms with Gasteiger partial charge in [-0.05, 0) is 36.6 Å². The van der Waals surface area contributed by atoms with Crippen LogP contribution >= 0.6 is 11.8 Å². The topological polar surface area (TPSA) is 120 Å². The van der Waals surface area contributed by atoms with Gasteiger partial charge in [0.15, 0.2) is 0 Å². The summed E-state index contributed by atoms with van der Waals surface area (Å²) >= 11 is 1.28. The number of anilines is 2. The van der Waals surface area contributed by atoms with Gasteiger partial charge < -0.3 is 15.1 Å². The molecule has 1 aromatic carbocycles. The van der Waals surface area contributed by atoms with Crippen LogP contribution in [0.15, 0.2) is 52.1 Å². The van der Waals surface area contributed by atoms with Gasteiger partial charge in [-0.3, -0.25) is 4.79 Å². The maximum Gasteiger partial charge on any atom is 0.227 e. The molecule has 1 amide bonds. The van der Waals surface area contributed by atoms with E-state index < -0.39 is 0 Å². The summed E-state index contributed by atoms with van der Waals surface area (Å²) in [6.07, 6.45) is 3.68. The van der Waals surface area contributed by atoms with Crippen molar-refractivity contribution in [2.75, 3.05) is 22.9 Å². The number of hydrogen-bond acceptors (Lipinski definition) is 7. The lowest BCUT2D eigenvalue weighted by Gasteiger charge is -2.29. The standard InChI is InChI=1S/C23H19N5O2S/c24-13-16-21(19-8-4-11-30-19)17(14-25)23(27-22(16)26)31-12-9-20(29)28-10-3-6-15-5-1-2-7-18(15)28/h1-2,4-5,7-8,11H,3,6,9-10,12H2,(H2,26,27). The Labute approximate surface area is 184 Å². The third kappa shape index (κ3) is 3.98. The van der Waals surface area contributed by atoms with Crippen LogP contribution in [0.2, 0.25) is 0 Å². The fraction of sp³-hybridized carbons (Fsp3) is 0.217. The van der Waals surface area contributed by atoms with E-state index in [1.807, 2.05) is 29.2 Å². The van der Waals surface area contributed by atoms with Crippen molar-refractivity contribution in [2.24, 2.45) is 0 Å². The van der Waals surface area contributed by atoms with Gasteiger partial charge in [-0.15, -0.1) is 11.8 Å². The Morgan fingerprint density at radius 3 is 2.74 bits per heavy atom. The van der Waals surface area contributed by atoms with Crippen LogP contribution in [0.1, 0.15) is 29.5 Å². The predicted molar refractivity (Wildman–Crippen MR) is 118 cm³/mol. The van der Waals surface area contributed by atoms with Gasteiger partial charge in [0.2, 0.25) is 5.91 Å². The van der Waals surface area contributed by atoms with Crippen molar-refractivity contribution in [3.63, 3.8) is 0 Å². The van der Waals surface area contributed by atoms with Crippen LogP contribution in [0.3, 0.4) is 0 Å². The minimum atomic E-state index is 0.0334. The highest BCUT2D eigenvalue weighted by atomic mass is 32.2. The van der Waals surface area contributed by atoms with Gasteiger partial charge in [0, 0.05) is 24.4 Å². The molecule has 31 heavy (non-hydrogen) atoms. The molecule has 0 bridgehead atoms. The van der Waals surface area contributed by atoms with Crippen molar-refractivity contribution in [3.05, 3.63) is 59.4 Å². The number of nitriles is 2. The van der Waals surface area contributed by atoms with Gasteiger partial charge in [-0.25, -0.2) is 4.98 Å². The zero-order valence-electron chi connectivity index (χ0n) is 16.7. The third-order valence-corrected chi connectivity index (χ3v) is 6.13. The molecule has 1 aliphatic heterocycles. The first-order valence-corrected chi connectivity index (χ1v) is 10.8. The Balaban J connectivity index is 1.54. The first kappa shape index (κ1) is 20.5. The van der Waals surface area contributed by atoms with Crippen molar-refractivity contribution in [2.45, 2.75) is 24.3 Å². The zero-order valence-corrected chi connectivity index (χ0v) is 17.5. The monoisotopic (exact) mass is 429 g/mol. The number of thioether (sulfide) groups is 1. The molecule has 8 heteroatoms. The molecule has 4 rings (SSSR count). The summed E-state index contributed by atoms with van der Waals surface area (Å²) in [6.45, 7) is 0.703. The summed E-state index contributed by atoms with van der Waals surface area (Å²) in [5.74, 6) is 0.880. The second kappa shape index (κ2) is 8.95. The average Bonchev–Trinajstić information content (AvgIpc) is 3.32. The minimum Gasteiger partial charge on any atom is -0.464 e. The van der Waals surface area contributed by atoms with Crippen molar-refractivity contribution in [1.82, 2.24) is 4.98 Å². The van der Waals surface area contributed by atoms with Gasteiger partial charge in [0.1, 0.15) is 34.3 Å². The molecule has 0 atom stereocenters. The molecule has 3 heterocycles. The lowest BCUT2D eigenvalue weighted by Crippen LogP contribution is -2.35. The van der Waals surface area contributed by atoms with Gasteiger partial charge in [0.25, 0.3) is 0 Å². The number of nitrogen functional groups attached to an aromatic ring is 1. The number of rotatable bonds is 5. The minimum absolute atomic E-state index is 0.0334. The molecular formula is C23H19N5O2S. The van der Waals surface area contributed by atoms with Gasteiger partial charge in [-0.2, -0.15) is 10.5 Å². The molecule has 2 N–H and O–H groups in total. The average molecular weight is 430 g/mol. The van der Waals surface area contributed by atoms with Crippen LogP contribution in [-0.2, 0) is 11.2 Å². The third-order valence-electron chi connectivity index (χ3n) is 5.15. The van der Waals surface area contributed by atoms with Crippen molar-refractivity contribution >= 4 is 29.2 Å². The van der Waals surface area contributed by atoms with E-state index in [9.17, 15) is 15.3 Å². The Bertz CT molecular complexity index is 1210. The number of furan rings is 1. The van der Waals surface area contributed by atoms with E-state index in [0.717, 1.165) is 18.5 Å². The number of hydrogen-bond donors (Lipinski definition) is 1. The smallest absolute Gasteiger partial charge is 0.227 e. The summed E-state index contributed by atoms with van der Waals surface area (Å²) in [5.41, 5.74) is 8.82. The first-order chi connectivity index (χ1) is 15.1. The number of aromatic nitrogens is 1. The van der Waals surface area contributed by atoms with Gasteiger partial charge in [0.05, 0.1) is 17.4 Å². The number of amides is 1. The van der Waals surface area contributed by atoms with E-state index in [1.165, 1.54) is 23.6 Å².